The number of carbonyl (C=O) groups excluding carboxylic acids is 3. The van der Waals surface area contributed by atoms with Crippen molar-refractivity contribution in [1.82, 2.24) is 15.1 Å². The highest BCUT2D eigenvalue weighted by Gasteiger charge is 2.53. The molecule has 264 valence electrons. The Balaban J connectivity index is 1.17. The van der Waals surface area contributed by atoms with Crippen LogP contribution in [0.5, 0.6) is 17.2 Å². The third kappa shape index (κ3) is 7.47. The number of carboxylic acid groups (broad SMARTS) is 1. The molecule has 6 rings (SSSR count). The highest BCUT2D eigenvalue weighted by Crippen LogP contribution is 2.39. The number of carboxylic acids is 1. The maximum atomic E-state index is 14.1. The summed E-state index contributed by atoms with van der Waals surface area (Å²) in [6.07, 6.45) is 2.46. The third-order valence-electron chi connectivity index (χ3n) is 9.55. The van der Waals surface area contributed by atoms with Gasteiger partial charge in [0, 0.05) is 24.8 Å². The van der Waals surface area contributed by atoms with Crippen LogP contribution in [0, 0.1) is 12.8 Å². The van der Waals surface area contributed by atoms with Crippen molar-refractivity contribution in [3.05, 3.63) is 77.4 Å². The molecule has 1 saturated heterocycles. The van der Waals surface area contributed by atoms with Crippen molar-refractivity contribution in [3.8, 4) is 17.2 Å². The molecule has 13 heteroatoms. The molecule has 2 atom stereocenters. The molecule has 4 N–H and O–H groups in total. The summed E-state index contributed by atoms with van der Waals surface area (Å²) in [5.41, 5.74) is 2.33. The number of imide groups is 1. The van der Waals surface area contributed by atoms with Crippen molar-refractivity contribution >= 4 is 35.3 Å². The Morgan fingerprint density at radius 3 is 2.46 bits per heavy atom. The van der Waals surface area contributed by atoms with Gasteiger partial charge in [0.25, 0.3) is 5.91 Å². The second kappa shape index (κ2) is 14.3. The smallest absolute Gasteiger partial charge is 0.328 e. The first-order chi connectivity index (χ1) is 23.9. The number of anilines is 2. The van der Waals surface area contributed by atoms with Crippen molar-refractivity contribution in [1.29, 1.82) is 0 Å². The first-order valence-electron chi connectivity index (χ1n) is 16.7. The van der Waals surface area contributed by atoms with Crippen LogP contribution in [0.4, 0.5) is 21.0 Å². The zero-order chi connectivity index (χ0) is 35.6. The molecule has 3 aromatic rings. The zero-order valence-corrected chi connectivity index (χ0v) is 28.7. The van der Waals surface area contributed by atoms with E-state index in [0.717, 1.165) is 18.4 Å². The minimum atomic E-state index is -1.14. The van der Waals surface area contributed by atoms with Gasteiger partial charge in [-0.05, 0) is 80.1 Å². The first kappa shape index (κ1) is 34.6. The summed E-state index contributed by atoms with van der Waals surface area (Å²) < 4.78 is 16.5. The fourth-order valence-electron chi connectivity index (χ4n) is 6.47. The molecular formula is C37H43N5O8. The van der Waals surface area contributed by atoms with E-state index in [2.05, 4.69) is 16.0 Å². The number of methoxy groups -OCH3 is 1. The molecule has 3 aliphatic rings. The van der Waals surface area contributed by atoms with Crippen molar-refractivity contribution in [2.75, 3.05) is 31.1 Å². The summed E-state index contributed by atoms with van der Waals surface area (Å²) in [6, 6.07) is 16.1. The standard InChI is InChI=1S/C37H43N5O8/c1-22-7-5-6-8-27(22)39-35(46)40-28-13-11-24(16-31(28)48-4)20-41-36(47)42(34(45)37(41,2)3)26(15-23-9-10-23)19-38-29(18-33(43)44)25-12-14-30-32(17-25)50-21-49-30/h5-8,11-14,16-17,23,26,29,38H,9-10,15,18-21H2,1-4H3,(H,43,44)(H2,39,40,46)/t26-,29-/m0/s1. The summed E-state index contributed by atoms with van der Waals surface area (Å²) >= 11 is 0. The Labute approximate surface area is 290 Å². The Morgan fingerprint density at radius 1 is 1.00 bits per heavy atom. The topological polar surface area (TPSA) is 159 Å². The van der Waals surface area contributed by atoms with E-state index in [-0.39, 0.29) is 32.2 Å². The summed E-state index contributed by atoms with van der Waals surface area (Å²) in [5.74, 6) is 0.628. The molecule has 2 fully saturated rings. The van der Waals surface area contributed by atoms with Crippen molar-refractivity contribution in [2.45, 2.75) is 70.6 Å². The number of fused-ring (bicyclic) bond motifs is 1. The highest BCUT2D eigenvalue weighted by atomic mass is 16.7. The average Bonchev–Trinajstić information content (AvgIpc) is 3.74. The summed E-state index contributed by atoms with van der Waals surface area (Å²) in [6.45, 7) is 5.82. The number of urea groups is 2. The van der Waals surface area contributed by atoms with Gasteiger partial charge < -0.3 is 40.2 Å². The van der Waals surface area contributed by atoms with E-state index in [9.17, 15) is 24.3 Å². The van der Waals surface area contributed by atoms with E-state index >= 15 is 0 Å². The lowest BCUT2D eigenvalue weighted by Gasteiger charge is -2.29. The van der Waals surface area contributed by atoms with E-state index in [4.69, 9.17) is 14.2 Å². The van der Waals surface area contributed by atoms with Crippen LogP contribution in [0.3, 0.4) is 0 Å². The predicted molar refractivity (Wildman–Crippen MR) is 185 cm³/mol. The van der Waals surface area contributed by atoms with E-state index in [1.54, 1.807) is 55.1 Å². The van der Waals surface area contributed by atoms with E-state index in [1.807, 2.05) is 31.2 Å². The van der Waals surface area contributed by atoms with Crippen LogP contribution in [0.25, 0.3) is 0 Å². The normalized spacial score (nSPS) is 17.4. The first-order valence-corrected chi connectivity index (χ1v) is 16.7. The molecule has 0 spiro atoms. The van der Waals surface area contributed by atoms with Crippen LogP contribution in [0.15, 0.2) is 60.7 Å². The Hall–Kier alpha value is -5.30. The number of aliphatic carboxylic acids is 1. The Bertz CT molecular complexity index is 1790. The number of rotatable bonds is 14. The van der Waals surface area contributed by atoms with Gasteiger partial charge in [0.2, 0.25) is 6.79 Å². The van der Waals surface area contributed by atoms with Gasteiger partial charge in [-0.3, -0.25) is 14.5 Å². The fraction of sp³-hybridized carbons (Fsp3) is 0.405. The van der Waals surface area contributed by atoms with Gasteiger partial charge in [0.15, 0.2) is 11.5 Å². The van der Waals surface area contributed by atoms with E-state index in [1.165, 1.54) is 12.0 Å². The number of hydrogen-bond donors (Lipinski definition) is 4. The van der Waals surface area contributed by atoms with Gasteiger partial charge in [-0.2, -0.15) is 0 Å². The molecule has 1 saturated carbocycles. The quantitative estimate of drug-likeness (QED) is 0.152. The van der Waals surface area contributed by atoms with Crippen LogP contribution >= 0.6 is 0 Å². The van der Waals surface area contributed by atoms with Crippen molar-refractivity contribution in [3.63, 3.8) is 0 Å². The van der Waals surface area contributed by atoms with Crippen LogP contribution in [-0.4, -0.2) is 70.9 Å². The SMILES string of the molecule is COc1cc(CN2C(=O)N([C@H](CN[C@@H](CC(=O)O)c3ccc4c(c3)OCO4)CC3CC3)C(=O)C2(C)C)ccc1NC(=O)Nc1ccccc1C. The number of para-hydroxylation sites is 1. The molecule has 1 aliphatic carbocycles. The van der Waals surface area contributed by atoms with Crippen LogP contribution in [0.2, 0.25) is 0 Å². The number of aryl methyl sites for hydroxylation is 1. The highest BCUT2D eigenvalue weighted by molar-refractivity contribution is 6.07. The van der Waals surface area contributed by atoms with Gasteiger partial charge in [0.05, 0.1) is 25.3 Å². The molecule has 5 amide bonds. The summed E-state index contributed by atoms with van der Waals surface area (Å²) in [4.78, 5) is 55.7. The zero-order valence-electron chi connectivity index (χ0n) is 28.7. The lowest BCUT2D eigenvalue weighted by Crippen LogP contribution is -2.48. The second-order valence-corrected chi connectivity index (χ2v) is 13.5. The molecular weight excluding hydrogens is 642 g/mol. The maximum Gasteiger partial charge on any atom is 0.328 e. The van der Waals surface area contributed by atoms with Gasteiger partial charge in [-0.1, -0.05) is 43.2 Å². The van der Waals surface area contributed by atoms with E-state index < -0.39 is 35.7 Å². The maximum absolute atomic E-state index is 14.1. The van der Waals surface area contributed by atoms with Crippen LogP contribution in [0.1, 0.15) is 62.3 Å². The summed E-state index contributed by atoms with van der Waals surface area (Å²) in [5, 5.41) is 18.7. The number of nitrogens with one attached hydrogen (secondary N) is 3. The Kier molecular flexibility index (Phi) is 9.87. The average molecular weight is 686 g/mol. The summed E-state index contributed by atoms with van der Waals surface area (Å²) in [7, 11) is 1.50. The molecule has 3 aromatic carbocycles. The lowest BCUT2D eigenvalue weighted by molar-refractivity contribution is -0.138. The minimum Gasteiger partial charge on any atom is -0.495 e. The van der Waals surface area contributed by atoms with Crippen LogP contribution < -0.4 is 30.2 Å². The van der Waals surface area contributed by atoms with Crippen molar-refractivity contribution in [2.24, 2.45) is 5.92 Å². The van der Waals surface area contributed by atoms with Gasteiger partial charge in [-0.25, -0.2) is 9.59 Å². The van der Waals surface area contributed by atoms with Gasteiger partial charge in [-0.15, -0.1) is 0 Å². The molecule has 0 aromatic heterocycles. The van der Waals surface area contributed by atoms with Gasteiger partial charge >= 0.3 is 18.0 Å². The largest absolute Gasteiger partial charge is 0.495 e. The number of benzene rings is 3. The number of ether oxygens (including phenoxy) is 3. The molecule has 2 heterocycles. The number of hydrogen-bond acceptors (Lipinski definition) is 8. The molecule has 0 bridgehead atoms. The van der Waals surface area contributed by atoms with Gasteiger partial charge in [0.1, 0.15) is 11.3 Å². The van der Waals surface area contributed by atoms with Crippen LogP contribution in [-0.2, 0) is 16.1 Å². The monoisotopic (exact) mass is 685 g/mol. The molecule has 0 radical (unpaired) electrons. The third-order valence-corrected chi connectivity index (χ3v) is 9.55. The minimum absolute atomic E-state index is 0.101. The second-order valence-electron chi connectivity index (χ2n) is 13.5. The molecule has 0 unspecified atom stereocenters. The molecule has 13 nitrogen and oxygen atoms in total. The molecule has 50 heavy (non-hydrogen) atoms. The Morgan fingerprint density at radius 2 is 1.74 bits per heavy atom. The van der Waals surface area contributed by atoms with Crippen molar-refractivity contribution < 1.29 is 38.5 Å². The number of nitrogens with zero attached hydrogens (tertiary/aromatic N) is 2. The fourth-order valence-corrected chi connectivity index (χ4v) is 6.47. The lowest BCUT2D eigenvalue weighted by atomic mass is 10.00. The predicted octanol–water partition coefficient (Wildman–Crippen LogP) is 5.89. The van der Waals surface area contributed by atoms with E-state index in [0.29, 0.717) is 52.1 Å². The molecule has 2 aliphatic heterocycles. The number of carbonyl (C=O) groups is 4. The number of amides is 5.